The minimum atomic E-state index is -0.0691. The summed E-state index contributed by atoms with van der Waals surface area (Å²) in [6, 6.07) is 12.7. The number of hydrogen-bond donors (Lipinski definition) is 0. The molecule has 0 atom stereocenters. The van der Waals surface area contributed by atoms with Gasteiger partial charge in [-0.15, -0.1) is 0 Å². The van der Waals surface area contributed by atoms with Gasteiger partial charge in [0, 0.05) is 17.2 Å². The van der Waals surface area contributed by atoms with E-state index >= 15 is 0 Å². The lowest BCUT2D eigenvalue weighted by Gasteiger charge is -2.07. The van der Waals surface area contributed by atoms with Crippen molar-refractivity contribution in [2.45, 2.75) is 26.2 Å². The number of ether oxygens (including phenoxy) is 3. The van der Waals surface area contributed by atoms with Gasteiger partial charge >= 0.3 is 0 Å². The maximum absolute atomic E-state index is 12.4. The summed E-state index contributed by atoms with van der Waals surface area (Å²) < 4.78 is 16.2. The SMILES string of the molecule is CCCCCOc1ccc(C(=O)C=Cc2ccc(OC)cc2OC)cc1. The number of benzene rings is 2. The number of hydrogen-bond acceptors (Lipinski definition) is 4. The Morgan fingerprint density at radius 2 is 1.69 bits per heavy atom. The van der Waals surface area contributed by atoms with E-state index in [1.54, 1.807) is 44.6 Å². The van der Waals surface area contributed by atoms with Crippen LogP contribution in [-0.4, -0.2) is 26.6 Å². The van der Waals surface area contributed by atoms with Crippen molar-refractivity contribution >= 4 is 11.9 Å². The smallest absolute Gasteiger partial charge is 0.185 e. The first kappa shape index (κ1) is 19.6. The molecule has 2 rings (SSSR count). The van der Waals surface area contributed by atoms with Crippen molar-refractivity contribution in [2.24, 2.45) is 0 Å². The van der Waals surface area contributed by atoms with E-state index in [1.165, 1.54) is 6.42 Å². The fraction of sp³-hybridized carbons (Fsp3) is 0.318. The second kappa shape index (κ2) is 10.3. The maximum Gasteiger partial charge on any atom is 0.185 e. The Morgan fingerprint density at radius 3 is 2.35 bits per heavy atom. The lowest BCUT2D eigenvalue weighted by Crippen LogP contribution is -1.98. The van der Waals surface area contributed by atoms with Crippen LogP contribution in [0.3, 0.4) is 0 Å². The maximum atomic E-state index is 12.4. The minimum absolute atomic E-state index is 0.0691. The van der Waals surface area contributed by atoms with Gasteiger partial charge in [0.25, 0.3) is 0 Å². The highest BCUT2D eigenvalue weighted by Crippen LogP contribution is 2.25. The molecular formula is C22H26O4. The Morgan fingerprint density at radius 1 is 0.962 bits per heavy atom. The van der Waals surface area contributed by atoms with Crippen LogP contribution in [0.15, 0.2) is 48.5 Å². The highest BCUT2D eigenvalue weighted by molar-refractivity contribution is 6.07. The van der Waals surface area contributed by atoms with Crippen molar-refractivity contribution in [1.29, 1.82) is 0 Å². The lowest BCUT2D eigenvalue weighted by molar-refractivity contribution is 0.104. The first-order chi connectivity index (χ1) is 12.7. The van der Waals surface area contributed by atoms with Crippen LogP contribution >= 0.6 is 0 Å². The molecule has 4 heteroatoms. The van der Waals surface area contributed by atoms with Crippen molar-refractivity contribution in [3.8, 4) is 17.2 Å². The van der Waals surface area contributed by atoms with Gasteiger partial charge in [0.05, 0.1) is 20.8 Å². The molecule has 0 saturated heterocycles. The normalized spacial score (nSPS) is 10.7. The fourth-order valence-corrected chi connectivity index (χ4v) is 2.48. The van der Waals surface area contributed by atoms with Crippen molar-refractivity contribution in [1.82, 2.24) is 0 Å². The Balaban J connectivity index is 2.00. The van der Waals surface area contributed by atoms with Gasteiger partial charge in [0.2, 0.25) is 0 Å². The molecule has 0 aliphatic rings. The molecule has 0 aliphatic heterocycles. The summed E-state index contributed by atoms with van der Waals surface area (Å²) in [4.78, 5) is 12.4. The van der Waals surface area contributed by atoms with Gasteiger partial charge in [-0.05, 0) is 55.0 Å². The monoisotopic (exact) mass is 354 g/mol. The molecule has 0 unspecified atom stereocenters. The molecule has 0 bridgehead atoms. The predicted octanol–water partition coefficient (Wildman–Crippen LogP) is 5.17. The molecule has 0 heterocycles. The van der Waals surface area contributed by atoms with Gasteiger partial charge in [-0.2, -0.15) is 0 Å². The van der Waals surface area contributed by atoms with E-state index < -0.39 is 0 Å². The third-order valence-electron chi connectivity index (χ3n) is 4.01. The van der Waals surface area contributed by atoms with Crippen LogP contribution in [0.2, 0.25) is 0 Å². The molecule has 0 amide bonds. The Bertz CT molecular complexity index is 732. The fourth-order valence-electron chi connectivity index (χ4n) is 2.48. The van der Waals surface area contributed by atoms with E-state index in [-0.39, 0.29) is 5.78 Å². The van der Waals surface area contributed by atoms with Gasteiger partial charge in [0.1, 0.15) is 17.2 Å². The Kier molecular flexibility index (Phi) is 7.75. The molecule has 2 aromatic carbocycles. The minimum Gasteiger partial charge on any atom is -0.497 e. The summed E-state index contributed by atoms with van der Waals surface area (Å²) in [5, 5.41) is 0. The Labute approximate surface area is 155 Å². The average Bonchev–Trinajstić information content (AvgIpc) is 2.69. The number of ketones is 1. The summed E-state index contributed by atoms with van der Waals surface area (Å²) in [5.41, 5.74) is 1.44. The molecule has 0 fully saturated rings. The first-order valence-corrected chi connectivity index (χ1v) is 8.85. The average molecular weight is 354 g/mol. The van der Waals surface area contributed by atoms with E-state index in [2.05, 4.69) is 6.92 Å². The topological polar surface area (TPSA) is 44.8 Å². The van der Waals surface area contributed by atoms with Crippen LogP contribution in [0.25, 0.3) is 6.08 Å². The third kappa shape index (κ3) is 5.66. The van der Waals surface area contributed by atoms with Crippen LogP contribution in [-0.2, 0) is 0 Å². The molecule has 138 valence electrons. The Hall–Kier alpha value is -2.75. The summed E-state index contributed by atoms with van der Waals surface area (Å²) in [6.07, 6.45) is 6.67. The second-order valence-electron chi connectivity index (χ2n) is 5.89. The molecule has 0 N–H and O–H groups in total. The summed E-state index contributed by atoms with van der Waals surface area (Å²) in [6.45, 7) is 2.87. The van der Waals surface area contributed by atoms with Crippen LogP contribution in [0.5, 0.6) is 17.2 Å². The molecule has 0 saturated carbocycles. The zero-order chi connectivity index (χ0) is 18.8. The quantitative estimate of drug-likeness (QED) is 0.335. The molecule has 0 aliphatic carbocycles. The predicted molar refractivity (Wildman–Crippen MR) is 104 cm³/mol. The van der Waals surface area contributed by atoms with E-state index in [9.17, 15) is 4.79 Å². The number of unbranched alkanes of at least 4 members (excludes halogenated alkanes) is 2. The largest absolute Gasteiger partial charge is 0.497 e. The van der Waals surface area contributed by atoms with E-state index in [0.717, 1.165) is 24.2 Å². The first-order valence-electron chi connectivity index (χ1n) is 8.85. The zero-order valence-electron chi connectivity index (χ0n) is 15.7. The van der Waals surface area contributed by atoms with Gasteiger partial charge in [0.15, 0.2) is 5.78 Å². The summed E-state index contributed by atoms with van der Waals surface area (Å²) in [7, 11) is 3.19. The number of carbonyl (C=O) groups excluding carboxylic acids is 1. The molecular weight excluding hydrogens is 328 g/mol. The highest BCUT2D eigenvalue weighted by Gasteiger charge is 2.05. The molecule has 0 radical (unpaired) electrons. The molecule has 0 spiro atoms. The van der Waals surface area contributed by atoms with Crippen molar-refractivity contribution in [3.63, 3.8) is 0 Å². The van der Waals surface area contributed by atoms with Crippen molar-refractivity contribution in [2.75, 3.05) is 20.8 Å². The van der Waals surface area contributed by atoms with Crippen molar-refractivity contribution < 1.29 is 19.0 Å². The van der Waals surface area contributed by atoms with Gasteiger partial charge in [-0.3, -0.25) is 4.79 Å². The lowest BCUT2D eigenvalue weighted by atomic mass is 10.1. The second-order valence-corrected chi connectivity index (χ2v) is 5.89. The van der Waals surface area contributed by atoms with Crippen LogP contribution in [0, 0.1) is 0 Å². The van der Waals surface area contributed by atoms with Gasteiger partial charge in [-0.1, -0.05) is 19.8 Å². The standard InChI is InChI=1S/C22H26O4/c1-4-5-6-15-26-19-11-7-17(8-12-19)21(23)14-10-18-9-13-20(24-2)16-22(18)25-3/h7-14,16H,4-6,15H2,1-3H3. The number of rotatable bonds is 10. The third-order valence-corrected chi connectivity index (χ3v) is 4.01. The molecule has 2 aromatic rings. The van der Waals surface area contributed by atoms with E-state index in [1.807, 2.05) is 24.3 Å². The highest BCUT2D eigenvalue weighted by atomic mass is 16.5. The molecule has 4 nitrogen and oxygen atoms in total. The van der Waals surface area contributed by atoms with Gasteiger partial charge in [-0.25, -0.2) is 0 Å². The molecule has 26 heavy (non-hydrogen) atoms. The number of allylic oxidation sites excluding steroid dienone is 1. The van der Waals surface area contributed by atoms with E-state index in [0.29, 0.717) is 23.7 Å². The van der Waals surface area contributed by atoms with Crippen molar-refractivity contribution in [3.05, 3.63) is 59.7 Å². The van der Waals surface area contributed by atoms with Crippen LogP contribution in [0.4, 0.5) is 0 Å². The van der Waals surface area contributed by atoms with Crippen LogP contribution < -0.4 is 14.2 Å². The molecule has 0 aromatic heterocycles. The number of carbonyl (C=O) groups is 1. The van der Waals surface area contributed by atoms with E-state index in [4.69, 9.17) is 14.2 Å². The zero-order valence-corrected chi connectivity index (χ0v) is 15.7. The van der Waals surface area contributed by atoms with Crippen LogP contribution in [0.1, 0.15) is 42.1 Å². The summed E-state index contributed by atoms with van der Waals surface area (Å²) >= 11 is 0. The van der Waals surface area contributed by atoms with Gasteiger partial charge < -0.3 is 14.2 Å². The summed E-state index contributed by atoms with van der Waals surface area (Å²) in [5.74, 6) is 2.09. The number of methoxy groups -OCH3 is 2.